The summed E-state index contributed by atoms with van der Waals surface area (Å²) in [6, 6.07) is 3.13. The molecule has 0 saturated heterocycles. The molecule has 2 nitrogen and oxygen atoms in total. The highest BCUT2D eigenvalue weighted by Gasteiger charge is 2.26. The first-order chi connectivity index (χ1) is 6.94. The smallest absolute Gasteiger partial charge is 0.183 e. The van der Waals surface area contributed by atoms with Gasteiger partial charge in [-0.05, 0) is 6.07 Å². The summed E-state index contributed by atoms with van der Waals surface area (Å²) in [5, 5.41) is 9.23. The molecule has 0 aliphatic rings. The predicted octanol–water partition coefficient (Wildman–Crippen LogP) is 2.76. The Hall–Kier alpha value is -0.800. The third-order valence-corrected chi connectivity index (χ3v) is 2.67. The second kappa shape index (κ2) is 4.37. The molecule has 1 aromatic rings. The van der Waals surface area contributed by atoms with E-state index in [0.717, 1.165) is 0 Å². The Labute approximate surface area is 93.6 Å². The molecule has 1 aromatic carbocycles. The van der Waals surface area contributed by atoms with Crippen LogP contribution in [0.5, 0.6) is 5.75 Å². The molecule has 0 atom stereocenters. The number of halogens is 2. The van der Waals surface area contributed by atoms with Crippen molar-refractivity contribution in [3.8, 4) is 5.75 Å². The molecule has 1 rings (SSSR count). The van der Waals surface area contributed by atoms with Gasteiger partial charge in [0.25, 0.3) is 0 Å². The Balaban J connectivity index is 3.37. The van der Waals surface area contributed by atoms with E-state index in [0.29, 0.717) is 5.56 Å². The largest absolute Gasteiger partial charge is 0.493 e. The van der Waals surface area contributed by atoms with Gasteiger partial charge >= 0.3 is 0 Å². The Morgan fingerprint density at radius 2 is 2.07 bits per heavy atom. The Kier molecular flexibility index (Phi) is 3.58. The first-order valence-corrected chi connectivity index (χ1v) is 4.95. The number of aliphatic hydroxyl groups excluding tert-OH is 1. The fourth-order valence-electron chi connectivity index (χ4n) is 1.35. The van der Waals surface area contributed by atoms with Gasteiger partial charge in [0.05, 0.1) is 18.7 Å². The summed E-state index contributed by atoms with van der Waals surface area (Å²) in [4.78, 5) is 0. The summed E-state index contributed by atoms with van der Waals surface area (Å²) in [6.45, 7) is 3.51. The third-order valence-electron chi connectivity index (χ3n) is 2.38. The van der Waals surface area contributed by atoms with Gasteiger partial charge in [-0.1, -0.05) is 31.5 Å². The second-order valence-corrected chi connectivity index (χ2v) is 4.39. The van der Waals surface area contributed by atoms with Crippen molar-refractivity contribution in [3.05, 3.63) is 28.5 Å². The van der Waals surface area contributed by atoms with Gasteiger partial charge in [0.1, 0.15) is 0 Å². The normalized spacial score (nSPS) is 11.6. The van der Waals surface area contributed by atoms with Gasteiger partial charge in [0.2, 0.25) is 0 Å². The van der Waals surface area contributed by atoms with E-state index >= 15 is 0 Å². The molecule has 0 aromatic heterocycles. The van der Waals surface area contributed by atoms with E-state index in [1.807, 2.05) is 0 Å². The maximum absolute atomic E-state index is 13.6. The van der Waals surface area contributed by atoms with Crippen molar-refractivity contribution in [2.75, 3.05) is 13.7 Å². The fraction of sp³-hybridized carbons (Fsp3) is 0.455. The number of benzene rings is 1. The predicted molar refractivity (Wildman–Crippen MR) is 58.1 cm³/mol. The summed E-state index contributed by atoms with van der Waals surface area (Å²) >= 11 is 5.64. The quantitative estimate of drug-likeness (QED) is 0.869. The number of hydrogen-bond donors (Lipinski definition) is 1. The van der Waals surface area contributed by atoms with Crippen molar-refractivity contribution < 1.29 is 14.2 Å². The van der Waals surface area contributed by atoms with Gasteiger partial charge in [-0.2, -0.15) is 0 Å². The molecule has 0 amide bonds. The van der Waals surface area contributed by atoms with Crippen LogP contribution in [-0.4, -0.2) is 18.8 Å². The molecule has 0 radical (unpaired) electrons. The van der Waals surface area contributed by atoms with E-state index in [2.05, 4.69) is 0 Å². The van der Waals surface area contributed by atoms with Gasteiger partial charge in [-0.25, -0.2) is 4.39 Å². The zero-order valence-electron chi connectivity index (χ0n) is 8.97. The minimum Gasteiger partial charge on any atom is -0.493 e. The van der Waals surface area contributed by atoms with Crippen LogP contribution in [0.3, 0.4) is 0 Å². The molecule has 84 valence electrons. The van der Waals surface area contributed by atoms with Crippen molar-refractivity contribution in [3.63, 3.8) is 0 Å². The Bertz CT molecular complexity index is 364. The molecule has 1 N–H and O–H groups in total. The second-order valence-electron chi connectivity index (χ2n) is 3.98. The van der Waals surface area contributed by atoms with Gasteiger partial charge in [-0.15, -0.1) is 0 Å². The minimum atomic E-state index is -0.585. The highest BCUT2D eigenvalue weighted by atomic mass is 35.5. The maximum Gasteiger partial charge on any atom is 0.183 e. The molecule has 0 fully saturated rings. The lowest BCUT2D eigenvalue weighted by molar-refractivity contribution is 0.214. The number of methoxy groups -OCH3 is 1. The first-order valence-electron chi connectivity index (χ1n) is 4.57. The highest BCUT2D eigenvalue weighted by Crippen LogP contribution is 2.36. The molecule has 4 heteroatoms. The van der Waals surface area contributed by atoms with E-state index in [1.54, 1.807) is 19.9 Å². The molecular formula is C11H14ClFO2. The van der Waals surface area contributed by atoms with Gasteiger partial charge in [0.15, 0.2) is 11.6 Å². The van der Waals surface area contributed by atoms with E-state index < -0.39 is 11.2 Å². The van der Waals surface area contributed by atoms with Crippen LogP contribution < -0.4 is 4.74 Å². The van der Waals surface area contributed by atoms with Crippen LogP contribution >= 0.6 is 11.6 Å². The monoisotopic (exact) mass is 232 g/mol. The Morgan fingerprint density at radius 1 is 1.47 bits per heavy atom. The van der Waals surface area contributed by atoms with Crippen LogP contribution in [0.15, 0.2) is 12.1 Å². The molecule has 0 bridgehead atoms. The van der Waals surface area contributed by atoms with Crippen LogP contribution in [0.25, 0.3) is 0 Å². The molecule has 0 saturated carbocycles. The van der Waals surface area contributed by atoms with Gasteiger partial charge < -0.3 is 9.84 Å². The van der Waals surface area contributed by atoms with Crippen molar-refractivity contribution in [2.24, 2.45) is 0 Å². The van der Waals surface area contributed by atoms with E-state index in [1.165, 1.54) is 13.2 Å². The van der Waals surface area contributed by atoms with Crippen molar-refractivity contribution >= 4 is 11.6 Å². The summed E-state index contributed by atoms with van der Waals surface area (Å²) in [5.74, 6) is -0.486. The molecule has 0 heterocycles. The lowest BCUT2D eigenvalue weighted by Crippen LogP contribution is -2.23. The lowest BCUT2D eigenvalue weighted by Gasteiger charge is -2.24. The number of ether oxygens (including phenoxy) is 1. The molecule has 0 spiro atoms. The lowest BCUT2D eigenvalue weighted by atomic mass is 9.85. The van der Waals surface area contributed by atoms with Crippen LogP contribution in [0.1, 0.15) is 19.4 Å². The maximum atomic E-state index is 13.6. The molecule has 15 heavy (non-hydrogen) atoms. The van der Waals surface area contributed by atoms with Crippen molar-refractivity contribution in [2.45, 2.75) is 19.3 Å². The van der Waals surface area contributed by atoms with E-state index in [9.17, 15) is 9.50 Å². The zero-order valence-corrected chi connectivity index (χ0v) is 9.73. The van der Waals surface area contributed by atoms with E-state index in [-0.39, 0.29) is 17.4 Å². The third kappa shape index (κ3) is 2.24. The summed E-state index contributed by atoms with van der Waals surface area (Å²) < 4.78 is 18.6. The average Bonchev–Trinajstić information content (AvgIpc) is 2.21. The average molecular weight is 233 g/mol. The van der Waals surface area contributed by atoms with Crippen LogP contribution in [0.2, 0.25) is 5.02 Å². The topological polar surface area (TPSA) is 29.5 Å². The molecule has 0 unspecified atom stereocenters. The SMILES string of the molecule is COc1c(C(C)(C)CO)ccc(Cl)c1F. The summed E-state index contributed by atoms with van der Waals surface area (Å²) in [5.41, 5.74) is 0.0472. The summed E-state index contributed by atoms with van der Waals surface area (Å²) in [7, 11) is 1.38. The molecule has 0 aliphatic heterocycles. The van der Waals surface area contributed by atoms with Gasteiger partial charge in [-0.3, -0.25) is 0 Å². The van der Waals surface area contributed by atoms with Crippen LogP contribution in [-0.2, 0) is 5.41 Å². The minimum absolute atomic E-state index is 0.0179. The first kappa shape index (κ1) is 12.3. The number of rotatable bonds is 3. The van der Waals surface area contributed by atoms with E-state index in [4.69, 9.17) is 16.3 Å². The molecular weight excluding hydrogens is 219 g/mol. The standard InChI is InChI=1S/C11H14ClFO2/c1-11(2,6-14)7-4-5-8(12)9(13)10(7)15-3/h4-5,14H,6H2,1-3H3. The van der Waals surface area contributed by atoms with Crippen LogP contribution in [0, 0.1) is 5.82 Å². The fourth-order valence-corrected chi connectivity index (χ4v) is 1.50. The van der Waals surface area contributed by atoms with Crippen molar-refractivity contribution in [1.29, 1.82) is 0 Å². The van der Waals surface area contributed by atoms with Crippen LogP contribution in [0.4, 0.5) is 4.39 Å². The van der Waals surface area contributed by atoms with Crippen molar-refractivity contribution in [1.82, 2.24) is 0 Å². The Morgan fingerprint density at radius 3 is 2.53 bits per heavy atom. The zero-order chi connectivity index (χ0) is 11.6. The number of aliphatic hydroxyl groups is 1. The molecule has 0 aliphatic carbocycles. The number of hydrogen-bond acceptors (Lipinski definition) is 2. The summed E-state index contributed by atoms with van der Waals surface area (Å²) in [6.07, 6.45) is 0. The van der Waals surface area contributed by atoms with Gasteiger partial charge in [0, 0.05) is 11.0 Å². The highest BCUT2D eigenvalue weighted by molar-refractivity contribution is 6.30.